The van der Waals surface area contributed by atoms with Gasteiger partial charge < -0.3 is 20.3 Å². The fraction of sp³-hybridized carbons (Fsp3) is 0.444. The highest BCUT2D eigenvalue weighted by molar-refractivity contribution is 5.98. The van der Waals surface area contributed by atoms with E-state index in [1.807, 2.05) is 26.8 Å². The number of hydrogen-bond donors (Lipinski definition) is 2. The third-order valence-corrected chi connectivity index (χ3v) is 6.59. The van der Waals surface area contributed by atoms with E-state index in [1.165, 1.54) is 0 Å². The van der Waals surface area contributed by atoms with Crippen molar-refractivity contribution in [3.63, 3.8) is 0 Å². The van der Waals surface area contributed by atoms with Crippen molar-refractivity contribution >= 4 is 17.7 Å². The average Bonchev–Trinajstić information content (AvgIpc) is 2.87. The van der Waals surface area contributed by atoms with Crippen molar-refractivity contribution < 1.29 is 19.1 Å². The summed E-state index contributed by atoms with van der Waals surface area (Å²) in [7, 11) is 1.57. The molecule has 2 N–H and O–H groups in total. The van der Waals surface area contributed by atoms with Crippen LogP contribution in [0, 0.1) is 11.8 Å². The number of piperidine rings is 1. The zero-order chi connectivity index (χ0) is 24.7. The van der Waals surface area contributed by atoms with E-state index >= 15 is 0 Å². The van der Waals surface area contributed by atoms with Crippen molar-refractivity contribution in [2.75, 3.05) is 20.2 Å². The fourth-order valence-electron chi connectivity index (χ4n) is 4.07. The molecule has 1 fully saturated rings. The fourth-order valence-corrected chi connectivity index (χ4v) is 4.07. The van der Waals surface area contributed by atoms with Gasteiger partial charge in [-0.1, -0.05) is 38.1 Å². The molecule has 1 aliphatic rings. The van der Waals surface area contributed by atoms with Crippen LogP contribution in [0.5, 0.6) is 5.75 Å². The number of benzene rings is 2. The van der Waals surface area contributed by atoms with Gasteiger partial charge in [-0.15, -0.1) is 0 Å². The molecule has 1 heterocycles. The second-order valence-electron chi connectivity index (χ2n) is 9.22. The van der Waals surface area contributed by atoms with Crippen LogP contribution in [0.4, 0.5) is 0 Å². The van der Waals surface area contributed by atoms with Gasteiger partial charge in [-0.3, -0.25) is 14.4 Å². The number of likely N-dealkylation sites (tertiary alicyclic amines) is 1. The monoisotopic (exact) mass is 465 g/mol. The van der Waals surface area contributed by atoms with Crippen molar-refractivity contribution in [2.24, 2.45) is 11.8 Å². The van der Waals surface area contributed by atoms with Crippen LogP contribution in [0.3, 0.4) is 0 Å². The number of carbonyl (C=O) groups is 3. The van der Waals surface area contributed by atoms with Gasteiger partial charge in [0.15, 0.2) is 0 Å². The van der Waals surface area contributed by atoms with Gasteiger partial charge in [0.1, 0.15) is 11.8 Å². The van der Waals surface area contributed by atoms with Crippen LogP contribution >= 0.6 is 0 Å². The van der Waals surface area contributed by atoms with Crippen LogP contribution in [0.25, 0.3) is 0 Å². The Balaban J connectivity index is 1.70. The smallest absolute Gasteiger partial charge is 0.253 e. The van der Waals surface area contributed by atoms with Crippen molar-refractivity contribution in [1.29, 1.82) is 0 Å². The van der Waals surface area contributed by atoms with Crippen molar-refractivity contribution in [1.82, 2.24) is 15.5 Å². The molecular weight excluding hydrogens is 430 g/mol. The maximum Gasteiger partial charge on any atom is 0.253 e. The first-order valence-corrected chi connectivity index (χ1v) is 11.9. The summed E-state index contributed by atoms with van der Waals surface area (Å²) in [4.78, 5) is 40.9. The molecule has 7 nitrogen and oxygen atoms in total. The number of nitrogens with zero attached hydrogens (tertiary/aromatic N) is 1. The molecule has 0 aliphatic carbocycles. The summed E-state index contributed by atoms with van der Waals surface area (Å²) >= 11 is 0. The van der Waals surface area contributed by atoms with Gasteiger partial charge in [0.2, 0.25) is 5.91 Å². The van der Waals surface area contributed by atoms with Crippen LogP contribution in [0.15, 0.2) is 54.6 Å². The van der Waals surface area contributed by atoms with E-state index < -0.39 is 6.04 Å². The zero-order valence-electron chi connectivity index (χ0n) is 20.4. The first-order valence-electron chi connectivity index (χ1n) is 11.9. The van der Waals surface area contributed by atoms with Crippen molar-refractivity contribution in [2.45, 2.75) is 45.7 Å². The molecular formula is C27H35N3O4. The Morgan fingerprint density at radius 3 is 2.18 bits per heavy atom. The van der Waals surface area contributed by atoms with E-state index in [9.17, 15) is 14.4 Å². The predicted molar refractivity (Wildman–Crippen MR) is 132 cm³/mol. The highest BCUT2D eigenvalue weighted by Crippen LogP contribution is 2.24. The summed E-state index contributed by atoms with van der Waals surface area (Å²) < 4.78 is 5.23. The minimum atomic E-state index is -0.664. The first kappa shape index (κ1) is 25.3. The number of nitrogens with one attached hydrogen (secondary N) is 2. The van der Waals surface area contributed by atoms with Gasteiger partial charge in [0.25, 0.3) is 11.8 Å². The van der Waals surface area contributed by atoms with E-state index in [0.717, 1.165) is 0 Å². The molecule has 7 heteroatoms. The van der Waals surface area contributed by atoms with Gasteiger partial charge in [-0.25, -0.2) is 0 Å². The molecule has 1 aliphatic heterocycles. The highest BCUT2D eigenvalue weighted by Gasteiger charge is 2.35. The third kappa shape index (κ3) is 6.37. The Bertz CT molecular complexity index is 984. The first-order chi connectivity index (χ1) is 16.3. The molecule has 3 amide bonds. The Labute approximate surface area is 201 Å². The molecule has 1 saturated heterocycles. The number of hydrogen-bond acceptors (Lipinski definition) is 4. The van der Waals surface area contributed by atoms with Crippen molar-refractivity contribution in [3.05, 3.63) is 65.7 Å². The number of ether oxygens (including phenoxy) is 1. The van der Waals surface area contributed by atoms with Crippen LogP contribution in [0.1, 0.15) is 54.3 Å². The number of rotatable bonds is 8. The summed E-state index contributed by atoms with van der Waals surface area (Å²) in [6, 6.07) is 15.3. The SMILES string of the molecule is COc1cccc(C(=O)N2CCC([C@@H](NC(=O)c3ccccc3)C(=O)N[C@@H](C)C(C)C)CC2)c1. The van der Waals surface area contributed by atoms with E-state index in [2.05, 4.69) is 10.6 Å². The van der Waals surface area contributed by atoms with Gasteiger partial charge in [0.05, 0.1) is 7.11 Å². The largest absolute Gasteiger partial charge is 0.497 e. The van der Waals surface area contributed by atoms with Gasteiger partial charge >= 0.3 is 0 Å². The quantitative estimate of drug-likeness (QED) is 0.625. The Morgan fingerprint density at radius 1 is 0.912 bits per heavy atom. The number of methoxy groups -OCH3 is 1. The standard InChI is InChI=1S/C27H35N3O4/c1-18(2)19(3)28-26(32)24(29-25(31)21-9-6-5-7-10-21)20-13-15-30(16-14-20)27(33)22-11-8-12-23(17-22)34-4/h5-12,17-20,24H,13-16H2,1-4H3,(H,28,32)(H,29,31)/t19-,24+/m0/s1. The molecule has 0 bridgehead atoms. The number of carbonyl (C=O) groups excluding carboxylic acids is 3. The molecule has 0 unspecified atom stereocenters. The average molecular weight is 466 g/mol. The van der Waals surface area contributed by atoms with Gasteiger partial charge in [-0.05, 0) is 61.9 Å². The van der Waals surface area contributed by atoms with Crippen molar-refractivity contribution in [3.8, 4) is 5.75 Å². The van der Waals surface area contributed by atoms with E-state index in [1.54, 1.807) is 60.5 Å². The number of amides is 3. The molecule has 0 aromatic heterocycles. The Morgan fingerprint density at radius 2 is 1.56 bits per heavy atom. The predicted octanol–water partition coefficient (Wildman–Crippen LogP) is 3.51. The summed E-state index contributed by atoms with van der Waals surface area (Å²) in [5, 5.41) is 6.02. The van der Waals surface area contributed by atoms with E-state index in [0.29, 0.717) is 42.8 Å². The lowest BCUT2D eigenvalue weighted by atomic mass is 9.87. The van der Waals surface area contributed by atoms with Crippen LogP contribution in [-0.4, -0.2) is 54.9 Å². The molecule has 0 saturated carbocycles. The molecule has 2 aromatic carbocycles. The second-order valence-corrected chi connectivity index (χ2v) is 9.22. The van der Waals surface area contributed by atoms with Crippen LogP contribution in [-0.2, 0) is 4.79 Å². The topological polar surface area (TPSA) is 87.7 Å². The van der Waals surface area contributed by atoms with Gasteiger partial charge in [0, 0.05) is 30.3 Å². The third-order valence-electron chi connectivity index (χ3n) is 6.59. The molecule has 2 atom stereocenters. The van der Waals surface area contributed by atoms with Crippen LogP contribution in [0.2, 0.25) is 0 Å². The summed E-state index contributed by atoms with van der Waals surface area (Å²) in [6.45, 7) is 7.10. The molecule has 34 heavy (non-hydrogen) atoms. The summed E-state index contributed by atoms with van der Waals surface area (Å²) in [5.41, 5.74) is 1.10. The normalized spacial score (nSPS) is 16.0. The lowest BCUT2D eigenvalue weighted by molar-refractivity contribution is -0.125. The Kier molecular flexibility index (Phi) is 8.68. The lowest BCUT2D eigenvalue weighted by Gasteiger charge is -2.36. The molecule has 3 rings (SSSR count). The molecule has 182 valence electrons. The van der Waals surface area contributed by atoms with E-state index in [-0.39, 0.29) is 35.6 Å². The summed E-state index contributed by atoms with van der Waals surface area (Å²) in [6.07, 6.45) is 1.25. The minimum Gasteiger partial charge on any atom is -0.497 e. The molecule has 0 radical (unpaired) electrons. The maximum absolute atomic E-state index is 13.2. The molecule has 0 spiro atoms. The highest BCUT2D eigenvalue weighted by atomic mass is 16.5. The Hall–Kier alpha value is -3.35. The van der Waals surface area contributed by atoms with Gasteiger partial charge in [-0.2, -0.15) is 0 Å². The second kappa shape index (κ2) is 11.7. The minimum absolute atomic E-state index is 0.0154. The summed E-state index contributed by atoms with van der Waals surface area (Å²) in [5.74, 6) is 0.342. The maximum atomic E-state index is 13.2. The zero-order valence-corrected chi connectivity index (χ0v) is 20.4. The van der Waals surface area contributed by atoms with Crippen LogP contribution < -0.4 is 15.4 Å². The lowest BCUT2D eigenvalue weighted by Crippen LogP contribution is -2.55. The van der Waals surface area contributed by atoms with E-state index in [4.69, 9.17) is 4.74 Å². The molecule has 2 aromatic rings.